The van der Waals surface area contributed by atoms with Crippen molar-refractivity contribution < 1.29 is 4.21 Å². The SMILES string of the molecule is CC(C)(C)C1CC(C(C)(C)C)CS(=O)C(C(C)(C)C)C1. The van der Waals surface area contributed by atoms with Gasteiger partial charge < -0.3 is 0 Å². The van der Waals surface area contributed by atoms with Gasteiger partial charge in [-0.25, -0.2) is 0 Å². The maximum Gasteiger partial charge on any atom is 0.0399 e. The highest BCUT2D eigenvalue weighted by molar-refractivity contribution is 7.85. The summed E-state index contributed by atoms with van der Waals surface area (Å²) in [4.78, 5) is 0. The molecule has 1 aliphatic heterocycles. The van der Waals surface area contributed by atoms with Gasteiger partial charge in [0.2, 0.25) is 0 Å². The fourth-order valence-corrected chi connectivity index (χ4v) is 5.75. The minimum Gasteiger partial charge on any atom is -0.259 e. The lowest BCUT2D eigenvalue weighted by molar-refractivity contribution is 0.136. The van der Waals surface area contributed by atoms with E-state index in [2.05, 4.69) is 62.3 Å². The molecule has 2 heteroatoms. The minimum atomic E-state index is -0.697. The first-order valence-corrected chi connectivity index (χ1v) is 9.48. The molecule has 0 amide bonds. The van der Waals surface area contributed by atoms with Gasteiger partial charge in [0.25, 0.3) is 0 Å². The largest absolute Gasteiger partial charge is 0.259 e. The van der Waals surface area contributed by atoms with Crippen LogP contribution in [0.3, 0.4) is 0 Å². The van der Waals surface area contributed by atoms with E-state index in [1.807, 2.05) is 0 Å². The van der Waals surface area contributed by atoms with E-state index < -0.39 is 10.8 Å². The highest BCUT2D eigenvalue weighted by Crippen LogP contribution is 2.46. The standard InChI is InChI=1S/C18H36OS/c1-16(2,3)13-10-14(17(4,5)6)12-20(19)15(11-13)18(7,8)9/h13-15H,10-12H2,1-9H3. The first-order chi connectivity index (χ1) is 8.73. The zero-order valence-corrected chi connectivity index (χ0v) is 16.0. The molecule has 120 valence electrons. The molecule has 0 aliphatic carbocycles. The van der Waals surface area contributed by atoms with Gasteiger partial charge in [0.05, 0.1) is 0 Å². The van der Waals surface area contributed by atoms with Crippen molar-refractivity contribution in [3.05, 3.63) is 0 Å². The second-order valence-corrected chi connectivity index (χ2v) is 11.7. The number of rotatable bonds is 0. The smallest absolute Gasteiger partial charge is 0.0399 e. The lowest BCUT2D eigenvalue weighted by atomic mass is 9.67. The van der Waals surface area contributed by atoms with Crippen molar-refractivity contribution in [1.82, 2.24) is 0 Å². The van der Waals surface area contributed by atoms with Gasteiger partial charge in [-0.15, -0.1) is 0 Å². The molecule has 1 nitrogen and oxygen atoms in total. The minimum absolute atomic E-state index is 0.140. The van der Waals surface area contributed by atoms with Crippen LogP contribution >= 0.6 is 0 Å². The molecule has 0 bridgehead atoms. The Kier molecular flexibility index (Phi) is 5.22. The van der Waals surface area contributed by atoms with Crippen molar-refractivity contribution in [3.63, 3.8) is 0 Å². The van der Waals surface area contributed by atoms with E-state index in [-0.39, 0.29) is 10.8 Å². The van der Waals surface area contributed by atoms with Crippen molar-refractivity contribution in [3.8, 4) is 0 Å². The van der Waals surface area contributed by atoms with Gasteiger partial charge in [0, 0.05) is 21.8 Å². The summed E-state index contributed by atoms with van der Waals surface area (Å²) in [6.07, 6.45) is 2.34. The van der Waals surface area contributed by atoms with Gasteiger partial charge in [0.15, 0.2) is 0 Å². The maximum atomic E-state index is 12.9. The van der Waals surface area contributed by atoms with Crippen molar-refractivity contribution in [2.45, 2.75) is 80.4 Å². The maximum absolute atomic E-state index is 12.9. The third kappa shape index (κ3) is 4.58. The lowest BCUT2D eigenvalue weighted by Crippen LogP contribution is -2.34. The van der Waals surface area contributed by atoms with Crippen LogP contribution in [0.5, 0.6) is 0 Å². The Hall–Kier alpha value is 0.150. The van der Waals surface area contributed by atoms with Crippen LogP contribution in [0.2, 0.25) is 0 Å². The first-order valence-electron chi connectivity index (χ1n) is 8.10. The summed E-state index contributed by atoms with van der Waals surface area (Å²) in [5.74, 6) is 2.13. The van der Waals surface area contributed by atoms with Crippen LogP contribution in [0.1, 0.15) is 75.2 Å². The summed E-state index contributed by atoms with van der Waals surface area (Å²) < 4.78 is 12.9. The second-order valence-electron chi connectivity index (χ2n) is 10.00. The monoisotopic (exact) mass is 300 g/mol. The van der Waals surface area contributed by atoms with Crippen molar-refractivity contribution in [1.29, 1.82) is 0 Å². The zero-order chi connectivity index (χ0) is 15.9. The quantitative estimate of drug-likeness (QED) is 0.595. The molecule has 0 aromatic heterocycles. The molecule has 4 atom stereocenters. The molecule has 0 N–H and O–H groups in total. The Morgan fingerprint density at radius 1 is 0.700 bits per heavy atom. The van der Waals surface area contributed by atoms with Crippen LogP contribution in [0, 0.1) is 28.1 Å². The Labute approximate surface area is 129 Å². The Morgan fingerprint density at radius 2 is 1.15 bits per heavy atom. The average molecular weight is 301 g/mol. The third-order valence-electron chi connectivity index (χ3n) is 5.17. The lowest BCUT2D eigenvalue weighted by Gasteiger charge is -2.37. The van der Waals surface area contributed by atoms with Gasteiger partial charge in [-0.1, -0.05) is 62.3 Å². The van der Waals surface area contributed by atoms with Crippen LogP contribution in [0.25, 0.3) is 0 Å². The van der Waals surface area contributed by atoms with Crippen LogP contribution in [-0.2, 0) is 10.8 Å². The van der Waals surface area contributed by atoms with E-state index in [9.17, 15) is 4.21 Å². The van der Waals surface area contributed by atoms with Gasteiger partial charge in [-0.3, -0.25) is 4.21 Å². The van der Waals surface area contributed by atoms with E-state index in [0.29, 0.717) is 22.5 Å². The summed E-state index contributed by atoms with van der Waals surface area (Å²) >= 11 is 0. The fourth-order valence-electron chi connectivity index (χ4n) is 3.25. The molecule has 4 unspecified atom stereocenters. The van der Waals surface area contributed by atoms with E-state index in [1.165, 1.54) is 6.42 Å². The molecule has 20 heavy (non-hydrogen) atoms. The normalized spacial score (nSPS) is 33.9. The highest BCUT2D eigenvalue weighted by atomic mass is 32.2. The zero-order valence-electron chi connectivity index (χ0n) is 15.2. The third-order valence-corrected chi connectivity index (χ3v) is 7.43. The van der Waals surface area contributed by atoms with Gasteiger partial charge in [0.1, 0.15) is 0 Å². The number of hydrogen-bond acceptors (Lipinski definition) is 1. The predicted molar refractivity (Wildman–Crippen MR) is 91.4 cm³/mol. The Bertz CT molecular complexity index is 351. The highest BCUT2D eigenvalue weighted by Gasteiger charge is 2.43. The van der Waals surface area contributed by atoms with Gasteiger partial charge >= 0.3 is 0 Å². The average Bonchev–Trinajstić information content (AvgIpc) is 2.34. The summed E-state index contributed by atoms with van der Waals surface area (Å²) in [7, 11) is -0.697. The Balaban J connectivity index is 3.13. The predicted octanol–water partition coefficient (Wildman–Crippen LogP) is 5.27. The molecule has 0 saturated carbocycles. The van der Waals surface area contributed by atoms with E-state index in [4.69, 9.17) is 0 Å². The molecule has 0 radical (unpaired) electrons. The second kappa shape index (κ2) is 5.74. The van der Waals surface area contributed by atoms with E-state index in [1.54, 1.807) is 0 Å². The molecule has 1 heterocycles. The summed E-state index contributed by atoms with van der Waals surface area (Å²) in [5, 5.41) is 0.332. The van der Waals surface area contributed by atoms with Crippen molar-refractivity contribution >= 4 is 10.8 Å². The van der Waals surface area contributed by atoms with Crippen LogP contribution in [0.15, 0.2) is 0 Å². The molecular weight excluding hydrogens is 264 g/mol. The van der Waals surface area contributed by atoms with Crippen molar-refractivity contribution in [2.24, 2.45) is 28.1 Å². The summed E-state index contributed by atoms with van der Waals surface area (Å²) in [5.41, 5.74) is 0.703. The molecule has 0 aromatic rings. The molecule has 1 aliphatic rings. The fraction of sp³-hybridized carbons (Fsp3) is 1.00. The van der Waals surface area contributed by atoms with E-state index in [0.717, 1.165) is 12.2 Å². The van der Waals surface area contributed by atoms with Gasteiger partial charge in [-0.05, 0) is 40.9 Å². The number of hydrogen-bond donors (Lipinski definition) is 0. The van der Waals surface area contributed by atoms with Crippen molar-refractivity contribution in [2.75, 3.05) is 5.75 Å². The topological polar surface area (TPSA) is 17.1 Å². The molecule has 1 fully saturated rings. The molecule has 0 aromatic carbocycles. The summed E-state index contributed by atoms with van der Waals surface area (Å²) in [6, 6.07) is 0. The van der Waals surface area contributed by atoms with E-state index >= 15 is 0 Å². The molecule has 1 rings (SSSR count). The Morgan fingerprint density at radius 3 is 1.50 bits per heavy atom. The first kappa shape index (κ1) is 18.2. The van der Waals surface area contributed by atoms with Crippen LogP contribution in [0.4, 0.5) is 0 Å². The summed E-state index contributed by atoms with van der Waals surface area (Å²) in [6.45, 7) is 20.8. The van der Waals surface area contributed by atoms with Gasteiger partial charge in [-0.2, -0.15) is 0 Å². The molecule has 0 spiro atoms. The molecule has 1 saturated heterocycles. The van der Waals surface area contributed by atoms with Crippen LogP contribution in [-0.4, -0.2) is 15.2 Å². The molecular formula is C18H36OS. The van der Waals surface area contributed by atoms with Crippen LogP contribution < -0.4 is 0 Å².